The third-order valence-electron chi connectivity index (χ3n) is 1.81. The van der Waals surface area contributed by atoms with E-state index in [-0.39, 0.29) is 10.6 Å². The van der Waals surface area contributed by atoms with Gasteiger partial charge < -0.3 is 10.2 Å². The number of phenols is 1. The Hall–Kier alpha value is -1.07. The van der Waals surface area contributed by atoms with Gasteiger partial charge in [0.15, 0.2) is 0 Å². The summed E-state index contributed by atoms with van der Waals surface area (Å²) in [7, 11) is 0. The van der Waals surface area contributed by atoms with Crippen LogP contribution in [-0.4, -0.2) is 16.2 Å². The van der Waals surface area contributed by atoms with Crippen molar-refractivity contribution in [2.75, 3.05) is 0 Å². The van der Waals surface area contributed by atoms with Gasteiger partial charge in [-0.1, -0.05) is 0 Å². The molecule has 0 aliphatic rings. The first kappa shape index (κ1) is 9.48. The van der Waals surface area contributed by atoms with E-state index in [9.17, 15) is 9.90 Å². The number of aromatic carboxylic acids is 1. The van der Waals surface area contributed by atoms with Crippen LogP contribution in [0.25, 0.3) is 10.1 Å². The van der Waals surface area contributed by atoms with Gasteiger partial charge in [0.2, 0.25) is 0 Å². The molecule has 1 aromatic heterocycles. The molecule has 1 aromatic carbocycles. The number of carbonyl (C=O) groups is 1. The highest BCUT2D eigenvalue weighted by atomic mass is 79.9. The smallest absolute Gasteiger partial charge is 0.347 e. The van der Waals surface area contributed by atoms with Crippen molar-refractivity contribution in [3.63, 3.8) is 0 Å². The Kier molecular flexibility index (Phi) is 2.20. The average Bonchev–Trinajstić information content (AvgIpc) is 2.43. The minimum absolute atomic E-state index is 0.142. The molecule has 72 valence electrons. The van der Waals surface area contributed by atoms with Crippen molar-refractivity contribution in [1.29, 1.82) is 0 Å². The molecule has 0 aliphatic carbocycles. The Morgan fingerprint density at radius 2 is 2.14 bits per heavy atom. The molecule has 0 saturated heterocycles. The van der Waals surface area contributed by atoms with Crippen LogP contribution in [0.2, 0.25) is 0 Å². The molecule has 0 bridgehead atoms. The second-order valence-electron chi connectivity index (χ2n) is 2.73. The minimum Gasteiger partial charge on any atom is -0.508 e. The SMILES string of the molecule is O=C(O)c1sc2cc(O)ccc2c1Br. The summed E-state index contributed by atoms with van der Waals surface area (Å²) in [5.74, 6) is -0.819. The highest BCUT2D eigenvalue weighted by molar-refractivity contribution is 9.10. The molecule has 14 heavy (non-hydrogen) atoms. The maximum atomic E-state index is 10.8. The first-order valence-electron chi connectivity index (χ1n) is 3.74. The van der Waals surface area contributed by atoms with E-state index >= 15 is 0 Å². The molecule has 0 fully saturated rings. The molecule has 3 nitrogen and oxygen atoms in total. The molecule has 0 radical (unpaired) electrons. The number of benzene rings is 1. The number of halogens is 1. The van der Waals surface area contributed by atoms with Gasteiger partial charge in [0.1, 0.15) is 10.6 Å². The van der Waals surface area contributed by atoms with Gasteiger partial charge in [-0.05, 0) is 34.1 Å². The van der Waals surface area contributed by atoms with Gasteiger partial charge in [0.25, 0.3) is 0 Å². The third kappa shape index (κ3) is 1.38. The summed E-state index contributed by atoms with van der Waals surface area (Å²) < 4.78 is 1.33. The topological polar surface area (TPSA) is 57.5 Å². The van der Waals surface area contributed by atoms with Crippen LogP contribution in [0.4, 0.5) is 0 Å². The normalized spacial score (nSPS) is 10.6. The molecule has 2 rings (SSSR count). The van der Waals surface area contributed by atoms with Crippen LogP contribution in [0.1, 0.15) is 9.67 Å². The van der Waals surface area contributed by atoms with Crippen molar-refractivity contribution in [1.82, 2.24) is 0 Å². The van der Waals surface area contributed by atoms with E-state index in [1.165, 1.54) is 6.07 Å². The fourth-order valence-corrected chi connectivity index (χ4v) is 3.05. The lowest BCUT2D eigenvalue weighted by Crippen LogP contribution is -1.91. The van der Waals surface area contributed by atoms with Crippen molar-refractivity contribution in [3.05, 3.63) is 27.5 Å². The Bertz CT molecular complexity index is 518. The van der Waals surface area contributed by atoms with E-state index in [2.05, 4.69) is 15.9 Å². The summed E-state index contributed by atoms with van der Waals surface area (Å²) in [6, 6.07) is 4.78. The van der Waals surface area contributed by atoms with E-state index in [1.54, 1.807) is 12.1 Å². The van der Waals surface area contributed by atoms with E-state index in [0.717, 1.165) is 21.4 Å². The van der Waals surface area contributed by atoms with E-state index in [4.69, 9.17) is 5.11 Å². The predicted octanol–water partition coefficient (Wildman–Crippen LogP) is 3.07. The van der Waals surface area contributed by atoms with Crippen molar-refractivity contribution in [2.24, 2.45) is 0 Å². The Morgan fingerprint density at radius 3 is 2.79 bits per heavy atom. The Labute approximate surface area is 91.7 Å². The second-order valence-corrected chi connectivity index (χ2v) is 4.58. The zero-order chi connectivity index (χ0) is 10.3. The monoisotopic (exact) mass is 272 g/mol. The molecule has 1 heterocycles. The number of carboxylic acids is 1. The van der Waals surface area contributed by atoms with Gasteiger partial charge in [0.05, 0.1) is 4.47 Å². The zero-order valence-electron chi connectivity index (χ0n) is 6.82. The van der Waals surface area contributed by atoms with Crippen LogP contribution >= 0.6 is 27.3 Å². The number of aromatic hydroxyl groups is 1. The van der Waals surface area contributed by atoms with Gasteiger partial charge in [-0.15, -0.1) is 11.3 Å². The maximum absolute atomic E-state index is 10.8. The highest BCUT2D eigenvalue weighted by Gasteiger charge is 2.15. The number of phenolic OH excluding ortho intramolecular Hbond substituents is 1. The average molecular weight is 273 g/mol. The largest absolute Gasteiger partial charge is 0.508 e. The van der Waals surface area contributed by atoms with Crippen molar-refractivity contribution in [3.8, 4) is 5.75 Å². The van der Waals surface area contributed by atoms with Crippen LogP contribution in [0.3, 0.4) is 0 Å². The molecule has 5 heteroatoms. The summed E-state index contributed by atoms with van der Waals surface area (Å²) >= 11 is 4.36. The number of carboxylic acid groups (broad SMARTS) is 1. The second kappa shape index (κ2) is 3.25. The molecule has 0 amide bonds. The number of fused-ring (bicyclic) bond motifs is 1. The molecule has 0 saturated carbocycles. The van der Waals surface area contributed by atoms with Crippen LogP contribution in [0, 0.1) is 0 Å². The van der Waals surface area contributed by atoms with Gasteiger partial charge in [-0.2, -0.15) is 0 Å². The van der Waals surface area contributed by atoms with Crippen LogP contribution < -0.4 is 0 Å². The van der Waals surface area contributed by atoms with Gasteiger partial charge in [0, 0.05) is 10.1 Å². The first-order chi connectivity index (χ1) is 6.59. The lowest BCUT2D eigenvalue weighted by Gasteiger charge is -1.91. The predicted molar refractivity (Wildman–Crippen MR) is 58.1 cm³/mol. The summed E-state index contributed by atoms with van der Waals surface area (Å²) in [5.41, 5.74) is 0. The summed E-state index contributed by atoms with van der Waals surface area (Å²) in [6.45, 7) is 0. The van der Waals surface area contributed by atoms with Gasteiger partial charge >= 0.3 is 5.97 Å². The van der Waals surface area contributed by atoms with Crippen LogP contribution in [-0.2, 0) is 0 Å². The summed E-state index contributed by atoms with van der Waals surface area (Å²) in [4.78, 5) is 11.0. The fourth-order valence-electron chi connectivity index (χ4n) is 1.19. The number of hydrogen-bond acceptors (Lipinski definition) is 3. The van der Waals surface area contributed by atoms with Crippen molar-refractivity contribution < 1.29 is 15.0 Å². The number of rotatable bonds is 1. The first-order valence-corrected chi connectivity index (χ1v) is 5.35. The van der Waals surface area contributed by atoms with E-state index in [1.807, 2.05) is 0 Å². The number of hydrogen-bond donors (Lipinski definition) is 2. The molecule has 0 aliphatic heterocycles. The Morgan fingerprint density at radius 1 is 1.43 bits per heavy atom. The highest BCUT2D eigenvalue weighted by Crippen LogP contribution is 2.37. The van der Waals surface area contributed by atoms with Crippen molar-refractivity contribution in [2.45, 2.75) is 0 Å². The molecule has 0 atom stereocenters. The molecule has 2 N–H and O–H groups in total. The van der Waals surface area contributed by atoms with Crippen LogP contribution in [0.5, 0.6) is 5.75 Å². The van der Waals surface area contributed by atoms with Gasteiger partial charge in [-0.3, -0.25) is 0 Å². The van der Waals surface area contributed by atoms with Crippen LogP contribution in [0.15, 0.2) is 22.7 Å². The van der Waals surface area contributed by atoms with Crippen molar-refractivity contribution >= 4 is 43.3 Å². The summed E-state index contributed by atoms with van der Waals surface area (Å²) in [5, 5.41) is 18.9. The van der Waals surface area contributed by atoms with E-state index in [0.29, 0.717) is 4.47 Å². The maximum Gasteiger partial charge on any atom is 0.347 e. The quantitative estimate of drug-likeness (QED) is 0.839. The lowest BCUT2D eigenvalue weighted by molar-refractivity contribution is 0.0701. The van der Waals surface area contributed by atoms with Gasteiger partial charge in [-0.25, -0.2) is 4.79 Å². The molecule has 0 unspecified atom stereocenters. The lowest BCUT2D eigenvalue weighted by atomic mass is 10.2. The zero-order valence-corrected chi connectivity index (χ0v) is 9.22. The third-order valence-corrected chi connectivity index (χ3v) is 4.03. The summed E-state index contributed by atoms with van der Waals surface area (Å²) in [6.07, 6.45) is 0. The standard InChI is InChI=1S/C9H5BrO3S/c10-7-5-2-1-4(11)3-6(5)14-8(7)9(12)13/h1-3,11H,(H,12,13). The molecule has 0 spiro atoms. The Balaban J connectivity index is 2.79. The number of thiophene rings is 1. The van der Waals surface area contributed by atoms with E-state index < -0.39 is 5.97 Å². The minimum atomic E-state index is -0.961. The molecule has 2 aromatic rings. The fraction of sp³-hybridized carbons (Fsp3) is 0. The molecular formula is C9H5BrO3S. The molecular weight excluding hydrogens is 268 g/mol.